The predicted molar refractivity (Wildman–Crippen MR) is 93.5 cm³/mol. The van der Waals surface area contributed by atoms with Gasteiger partial charge in [-0.05, 0) is 37.5 Å². The van der Waals surface area contributed by atoms with Gasteiger partial charge in [0.05, 0.1) is 6.54 Å². The maximum Gasteiger partial charge on any atom is 0.252 e. The highest BCUT2D eigenvalue weighted by Crippen LogP contribution is 2.33. The zero-order valence-electron chi connectivity index (χ0n) is 14.9. The summed E-state index contributed by atoms with van der Waals surface area (Å²) in [6.45, 7) is 3.11. The molecule has 1 N–H and O–H groups in total. The second kappa shape index (κ2) is 7.35. The van der Waals surface area contributed by atoms with Crippen LogP contribution in [0.15, 0.2) is 16.7 Å². The van der Waals surface area contributed by atoms with Crippen molar-refractivity contribution in [2.75, 3.05) is 13.2 Å². The molecule has 2 aliphatic rings. The first-order valence-electron chi connectivity index (χ1n) is 9.21. The minimum Gasteiger partial charge on any atom is -0.486 e. The van der Waals surface area contributed by atoms with Gasteiger partial charge in [-0.1, -0.05) is 24.4 Å². The number of fused-ring (bicyclic) bond motifs is 1. The van der Waals surface area contributed by atoms with Crippen LogP contribution in [0.4, 0.5) is 0 Å². The second-order valence-electron chi connectivity index (χ2n) is 6.87. The van der Waals surface area contributed by atoms with Crippen molar-refractivity contribution >= 4 is 5.91 Å². The third kappa shape index (κ3) is 3.52. The average Bonchev–Trinajstić information content (AvgIpc) is 3.15. The lowest BCUT2D eigenvalue weighted by Gasteiger charge is -2.20. The Balaban J connectivity index is 1.40. The molecule has 7 heteroatoms. The normalized spacial score (nSPS) is 17.1. The third-order valence-electron chi connectivity index (χ3n) is 4.99. The quantitative estimate of drug-likeness (QED) is 0.905. The Morgan fingerprint density at radius 2 is 1.88 bits per heavy atom. The molecular formula is C19H23N3O4. The molecule has 1 amide bonds. The molecule has 0 unspecified atom stereocenters. The summed E-state index contributed by atoms with van der Waals surface area (Å²) in [6.07, 6.45) is 5.94. The van der Waals surface area contributed by atoms with Crippen molar-refractivity contribution in [1.82, 2.24) is 15.5 Å². The SMILES string of the molecule is Cc1cc2c(cc1C(=O)NCc1nc(C3CCCCC3)no1)OCCO2. The highest BCUT2D eigenvalue weighted by atomic mass is 16.6. The Bertz CT molecular complexity index is 796. The highest BCUT2D eigenvalue weighted by molar-refractivity contribution is 5.96. The van der Waals surface area contributed by atoms with Gasteiger partial charge in [-0.15, -0.1) is 0 Å². The Labute approximate surface area is 152 Å². The molecule has 4 rings (SSSR count). The van der Waals surface area contributed by atoms with Crippen LogP contribution in [0.1, 0.15) is 65.7 Å². The largest absolute Gasteiger partial charge is 0.486 e. The van der Waals surface area contributed by atoms with Gasteiger partial charge in [0.25, 0.3) is 5.91 Å². The molecule has 1 saturated carbocycles. The van der Waals surface area contributed by atoms with Crippen molar-refractivity contribution in [3.05, 3.63) is 35.0 Å². The van der Waals surface area contributed by atoms with Gasteiger partial charge in [-0.25, -0.2) is 0 Å². The van der Waals surface area contributed by atoms with Gasteiger partial charge in [0.2, 0.25) is 5.89 Å². The maximum absolute atomic E-state index is 12.5. The molecule has 0 spiro atoms. The summed E-state index contributed by atoms with van der Waals surface area (Å²) < 4.78 is 16.4. The van der Waals surface area contributed by atoms with Gasteiger partial charge in [0, 0.05) is 11.5 Å². The Hall–Kier alpha value is -2.57. The summed E-state index contributed by atoms with van der Waals surface area (Å²) in [7, 11) is 0. The lowest BCUT2D eigenvalue weighted by Crippen LogP contribution is -2.24. The van der Waals surface area contributed by atoms with Gasteiger partial charge in [-0.3, -0.25) is 4.79 Å². The van der Waals surface area contributed by atoms with Crippen LogP contribution >= 0.6 is 0 Å². The molecule has 0 saturated heterocycles. The van der Waals surface area contributed by atoms with E-state index in [9.17, 15) is 4.79 Å². The smallest absolute Gasteiger partial charge is 0.252 e. The standard InChI is InChI=1S/C19H23N3O4/c1-12-9-15-16(25-8-7-24-15)10-14(12)19(23)20-11-17-21-18(22-26-17)13-5-3-2-4-6-13/h9-10,13H,2-8,11H2,1H3,(H,20,23). The number of hydrogen-bond acceptors (Lipinski definition) is 6. The van der Waals surface area contributed by atoms with E-state index in [0.29, 0.717) is 42.1 Å². The molecule has 1 aromatic carbocycles. The number of nitrogens with zero attached hydrogens (tertiary/aromatic N) is 2. The summed E-state index contributed by atoms with van der Waals surface area (Å²) in [5.41, 5.74) is 1.39. The Morgan fingerprint density at radius 1 is 1.15 bits per heavy atom. The van der Waals surface area contributed by atoms with Gasteiger partial charge < -0.3 is 19.3 Å². The lowest BCUT2D eigenvalue weighted by atomic mass is 9.89. The van der Waals surface area contributed by atoms with Crippen molar-refractivity contribution in [3.8, 4) is 11.5 Å². The van der Waals surface area contributed by atoms with Gasteiger partial charge in [0.15, 0.2) is 17.3 Å². The summed E-state index contributed by atoms with van der Waals surface area (Å²) in [4.78, 5) is 17.0. The maximum atomic E-state index is 12.5. The number of aryl methyl sites for hydroxylation is 1. The molecule has 0 radical (unpaired) electrons. The first-order valence-corrected chi connectivity index (χ1v) is 9.21. The van der Waals surface area contributed by atoms with E-state index in [-0.39, 0.29) is 12.5 Å². The zero-order valence-corrected chi connectivity index (χ0v) is 14.9. The van der Waals surface area contributed by atoms with Crippen LogP contribution in [-0.2, 0) is 6.54 Å². The Morgan fingerprint density at radius 3 is 2.65 bits per heavy atom. The minimum atomic E-state index is -0.197. The Kier molecular flexibility index (Phi) is 4.77. The molecule has 1 fully saturated rings. The van der Waals surface area contributed by atoms with Crippen molar-refractivity contribution < 1.29 is 18.8 Å². The predicted octanol–water partition coefficient (Wildman–Crippen LogP) is 3.13. The first-order chi connectivity index (χ1) is 12.7. The fraction of sp³-hybridized carbons (Fsp3) is 0.526. The molecule has 1 aliphatic carbocycles. The van der Waals surface area contributed by atoms with Crippen LogP contribution in [0.3, 0.4) is 0 Å². The fourth-order valence-corrected chi connectivity index (χ4v) is 3.55. The van der Waals surface area contributed by atoms with E-state index in [4.69, 9.17) is 14.0 Å². The molecular weight excluding hydrogens is 334 g/mol. The van der Waals surface area contributed by atoms with E-state index in [0.717, 1.165) is 24.2 Å². The highest BCUT2D eigenvalue weighted by Gasteiger charge is 2.22. The molecule has 2 aromatic rings. The molecule has 7 nitrogen and oxygen atoms in total. The number of aromatic nitrogens is 2. The number of carbonyl (C=O) groups is 1. The number of carbonyl (C=O) groups excluding carboxylic acids is 1. The minimum absolute atomic E-state index is 0.197. The molecule has 1 aliphatic heterocycles. The zero-order chi connectivity index (χ0) is 17.9. The first kappa shape index (κ1) is 16.9. The van der Waals surface area contributed by atoms with E-state index in [1.54, 1.807) is 6.07 Å². The molecule has 0 bridgehead atoms. The van der Waals surface area contributed by atoms with Gasteiger partial charge in [-0.2, -0.15) is 4.98 Å². The number of ether oxygens (including phenoxy) is 2. The lowest BCUT2D eigenvalue weighted by molar-refractivity contribution is 0.0944. The molecule has 1 aromatic heterocycles. The average molecular weight is 357 g/mol. The van der Waals surface area contributed by atoms with Gasteiger partial charge >= 0.3 is 0 Å². The fourth-order valence-electron chi connectivity index (χ4n) is 3.55. The summed E-state index contributed by atoms with van der Waals surface area (Å²) in [6, 6.07) is 3.55. The molecule has 0 atom stereocenters. The number of hydrogen-bond donors (Lipinski definition) is 1. The second-order valence-corrected chi connectivity index (χ2v) is 6.87. The van der Waals surface area contributed by atoms with E-state index >= 15 is 0 Å². The summed E-state index contributed by atoms with van der Waals surface area (Å²) in [5, 5.41) is 6.94. The topological polar surface area (TPSA) is 86.5 Å². The number of nitrogens with one attached hydrogen (secondary N) is 1. The van der Waals surface area contributed by atoms with Crippen LogP contribution in [0, 0.1) is 6.92 Å². The molecule has 2 heterocycles. The van der Waals surface area contributed by atoms with Crippen molar-refractivity contribution in [3.63, 3.8) is 0 Å². The third-order valence-corrected chi connectivity index (χ3v) is 4.99. The number of benzene rings is 1. The monoisotopic (exact) mass is 357 g/mol. The van der Waals surface area contributed by atoms with Crippen LogP contribution in [0.2, 0.25) is 0 Å². The molecule has 138 valence electrons. The van der Waals surface area contributed by atoms with Crippen LogP contribution in [0.5, 0.6) is 11.5 Å². The summed E-state index contributed by atoms with van der Waals surface area (Å²) in [5.74, 6) is 2.68. The van der Waals surface area contributed by atoms with Crippen LogP contribution in [0.25, 0.3) is 0 Å². The van der Waals surface area contributed by atoms with Crippen molar-refractivity contribution in [1.29, 1.82) is 0 Å². The van der Waals surface area contributed by atoms with E-state index in [1.165, 1.54) is 19.3 Å². The van der Waals surface area contributed by atoms with E-state index in [2.05, 4.69) is 15.5 Å². The van der Waals surface area contributed by atoms with Gasteiger partial charge in [0.1, 0.15) is 13.2 Å². The van der Waals surface area contributed by atoms with E-state index < -0.39 is 0 Å². The van der Waals surface area contributed by atoms with E-state index in [1.807, 2.05) is 13.0 Å². The van der Waals surface area contributed by atoms with Crippen molar-refractivity contribution in [2.24, 2.45) is 0 Å². The summed E-state index contributed by atoms with van der Waals surface area (Å²) >= 11 is 0. The molecule has 26 heavy (non-hydrogen) atoms. The van der Waals surface area contributed by atoms with Crippen LogP contribution in [-0.4, -0.2) is 29.3 Å². The van der Waals surface area contributed by atoms with Crippen LogP contribution < -0.4 is 14.8 Å². The van der Waals surface area contributed by atoms with Crippen molar-refractivity contribution in [2.45, 2.75) is 51.5 Å². The number of amides is 1. The number of rotatable bonds is 4.